The second kappa shape index (κ2) is 9.74. The van der Waals surface area contributed by atoms with Crippen molar-refractivity contribution in [1.82, 2.24) is 10.2 Å². The van der Waals surface area contributed by atoms with E-state index in [9.17, 15) is 19.5 Å². The summed E-state index contributed by atoms with van der Waals surface area (Å²) in [7, 11) is 0. The summed E-state index contributed by atoms with van der Waals surface area (Å²) in [5.41, 5.74) is 4.07. The van der Waals surface area contributed by atoms with Gasteiger partial charge in [0.1, 0.15) is 6.04 Å². The van der Waals surface area contributed by atoms with Crippen molar-refractivity contribution in [3.63, 3.8) is 0 Å². The van der Waals surface area contributed by atoms with Crippen LogP contribution in [0.3, 0.4) is 0 Å². The van der Waals surface area contributed by atoms with Crippen molar-refractivity contribution < 1.29 is 19.5 Å². The highest BCUT2D eigenvalue weighted by atomic mass is 32.2. The lowest BCUT2D eigenvalue weighted by Gasteiger charge is -2.36. The van der Waals surface area contributed by atoms with E-state index in [0.29, 0.717) is 10.6 Å². The Hall–Kier alpha value is -2.20. The number of nitrogens with one attached hydrogen (secondary N) is 1. The standard InChI is InChI=1S/C23H29N3O4S2/c1-22(2,3)25-20(28)17-13-31-14-26(17)21(29)23(24,30)16(12-15-8-5-4-6-9-15)19(27)18-10-7-11-32-18/h4-11,16-17,30H,12-14,24H2,1-3H3,(H,25,28)/t16-,17+,23+/m1/s1. The molecule has 0 bridgehead atoms. The molecule has 0 aliphatic carbocycles. The van der Waals surface area contributed by atoms with Gasteiger partial charge in [-0.1, -0.05) is 36.4 Å². The number of nitrogens with two attached hydrogens (primary N) is 1. The van der Waals surface area contributed by atoms with Gasteiger partial charge in [-0.05, 0) is 44.2 Å². The fraction of sp³-hybridized carbons (Fsp3) is 0.435. The van der Waals surface area contributed by atoms with Crippen molar-refractivity contribution in [3.8, 4) is 0 Å². The highest BCUT2D eigenvalue weighted by Crippen LogP contribution is 2.30. The van der Waals surface area contributed by atoms with Gasteiger partial charge in [0.2, 0.25) is 11.6 Å². The Labute approximate surface area is 196 Å². The normalized spacial score (nSPS) is 19.3. The third-order valence-corrected chi connectivity index (χ3v) is 7.08. The highest BCUT2D eigenvalue weighted by molar-refractivity contribution is 7.99. The van der Waals surface area contributed by atoms with Crippen molar-refractivity contribution >= 4 is 40.7 Å². The molecule has 1 aromatic heterocycles. The van der Waals surface area contributed by atoms with Crippen LogP contribution in [0.2, 0.25) is 0 Å². The molecule has 32 heavy (non-hydrogen) atoms. The number of thioether (sulfide) groups is 1. The summed E-state index contributed by atoms with van der Waals surface area (Å²) >= 11 is 2.64. The summed E-state index contributed by atoms with van der Waals surface area (Å²) in [5, 5.41) is 15.9. The predicted octanol–water partition coefficient (Wildman–Crippen LogP) is 2.25. The summed E-state index contributed by atoms with van der Waals surface area (Å²) in [6, 6.07) is 11.7. The van der Waals surface area contributed by atoms with Crippen molar-refractivity contribution in [2.45, 2.75) is 44.5 Å². The van der Waals surface area contributed by atoms with E-state index in [4.69, 9.17) is 5.73 Å². The van der Waals surface area contributed by atoms with Crippen LogP contribution in [0.15, 0.2) is 47.8 Å². The van der Waals surface area contributed by atoms with Gasteiger partial charge >= 0.3 is 0 Å². The number of rotatable bonds is 7. The maximum atomic E-state index is 13.5. The number of aliphatic hydroxyl groups is 1. The van der Waals surface area contributed by atoms with Crippen molar-refractivity contribution in [3.05, 3.63) is 58.3 Å². The maximum Gasteiger partial charge on any atom is 0.271 e. The molecule has 1 aliphatic heterocycles. The van der Waals surface area contributed by atoms with E-state index >= 15 is 0 Å². The number of nitrogens with zero attached hydrogens (tertiary/aromatic N) is 1. The van der Waals surface area contributed by atoms with Crippen molar-refractivity contribution in [2.75, 3.05) is 11.6 Å². The van der Waals surface area contributed by atoms with Crippen LogP contribution in [0, 0.1) is 5.92 Å². The number of thiophene rings is 1. The van der Waals surface area contributed by atoms with E-state index in [0.717, 1.165) is 5.56 Å². The maximum absolute atomic E-state index is 13.5. The second-order valence-electron chi connectivity index (χ2n) is 8.94. The van der Waals surface area contributed by atoms with Crippen LogP contribution < -0.4 is 11.1 Å². The van der Waals surface area contributed by atoms with Gasteiger partial charge in [-0.15, -0.1) is 23.1 Å². The second-order valence-corrected chi connectivity index (χ2v) is 10.9. The highest BCUT2D eigenvalue weighted by Gasteiger charge is 2.50. The van der Waals surface area contributed by atoms with Gasteiger partial charge in [0.15, 0.2) is 5.78 Å². The minimum absolute atomic E-state index is 0.0934. The van der Waals surface area contributed by atoms with Gasteiger partial charge in [0.25, 0.3) is 5.91 Å². The minimum Gasteiger partial charge on any atom is -0.367 e. The molecule has 7 nitrogen and oxygen atoms in total. The molecule has 172 valence electrons. The first-order chi connectivity index (χ1) is 15.0. The number of benzene rings is 1. The van der Waals surface area contributed by atoms with E-state index < -0.39 is 34.9 Å². The average Bonchev–Trinajstić information content (AvgIpc) is 3.42. The molecule has 0 saturated carbocycles. The first-order valence-electron chi connectivity index (χ1n) is 10.3. The summed E-state index contributed by atoms with van der Waals surface area (Å²) in [5.74, 6) is -2.12. The molecule has 4 N–H and O–H groups in total. The zero-order valence-electron chi connectivity index (χ0n) is 18.4. The Bertz CT molecular complexity index is 955. The third kappa shape index (κ3) is 5.58. The summed E-state index contributed by atoms with van der Waals surface area (Å²) in [4.78, 5) is 41.2. The molecule has 9 heteroatoms. The molecule has 1 aliphatic rings. The van der Waals surface area contributed by atoms with Gasteiger partial charge in [-0.3, -0.25) is 20.1 Å². The molecule has 2 aromatic rings. The average molecular weight is 476 g/mol. The van der Waals surface area contributed by atoms with E-state index in [1.54, 1.807) is 17.5 Å². The van der Waals surface area contributed by atoms with Gasteiger partial charge in [-0.25, -0.2) is 0 Å². The van der Waals surface area contributed by atoms with Crippen LogP contribution in [-0.4, -0.2) is 56.5 Å². The van der Waals surface area contributed by atoms with Crippen LogP contribution in [-0.2, 0) is 16.0 Å². The zero-order valence-corrected chi connectivity index (χ0v) is 20.0. The molecule has 3 atom stereocenters. The quantitative estimate of drug-likeness (QED) is 0.418. The molecule has 0 unspecified atom stereocenters. The largest absolute Gasteiger partial charge is 0.367 e. The van der Waals surface area contributed by atoms with E-state index in [1.807, 2.05) is 51.1 Å². The van der Waals surface area contributed by atoms with E-state index in [-0.39, 0.29) is 18.2 Å². The summed E-state index contributed by atoms with van der Waals surface area (Å²) in [6.45, 7) is 5.57. The summed E-state index contributed by atoms with van der Waals surface area (Å²) < 4.78 is 0. The van der Waals surface area contributed by atoms with Crippen molar-refractivity contribution in [1.29, 1.82) is 0 Å². The smallest absolute Gasteiger partial charge is 0.271 e. The molecule has 1 saturated heterocycles. The molecule has 1 fully saturated rings. The Morgan fingerprint density at radius 3 is 2.47 bits per heavy atom. The molecule has 0 spiro atoms. The van der Waals surface area contributed by atoms with Crippen LogP contribution >= 0.6 is 23.1 Å². The minimum atomic E-state index is -2.47. The van der Waals surface area contributed by atoms with Gasteiger partial charge < -0.3 is 15.3 Å². The van der Waals surface area contributed by atoms with E-state index in [2.05, 4.69) is 5.32 Å². The van der Waals surface area contributed by atoms with Crippen LogP contribution in [0.4, 0.5) is 0 Å². The lowest BCUT2D eigenvalue weighted by atomic mass is 9.84. The molecule has 0 radical (unpaired) electrons. The Balaban J connectivity index is 1.90. The number of carbonyl (C=O) groups is 3. The number of hydrogen-bond acceptors (Lipinski definition) is 7. The number of ketones is 1. The zero-order chi connectivity index (χ0) is 23.5. The Morgan fingerprint density at radius 1 is 1.19 bits per heavy atom. The SMILES string of the molecule is CC(C)(C)NC(=O)[C@@H]1CSCN1C(=O)[C@@](N)(O)[C@H](Cc1ccccc1)C(=O)c1cccs1. The molecule has 2 heterocycles. The monoisotopic (exact) mass is 475 g/mol. The lowest BCUT2D eigenvalue weighted by molar-refractivity contribution is -0.158. The van der Waals surface area contributed by atoms with Crippen LogP contribution in [0.5, 0.6) is 0 Å². The topological polar surface area (TPSA) is 113 Å². The third-order valence-electron chi connectivity index (χ3n) is 5.18. The molecular weight excluding hydrogens is 446 g/mol. The molecule has 1 aromatic carbocycles. The van der Waals surface area contributed by atoms with Crippen LogP contribution in [0.25, 0.3) is 0 Å². The predicted molar refractivity (Wildman–Crippen MR) is 127 cm³/mol. The number of carbonyl (C=O) groups excluding carboxylic acids is 3. The lowest BCUT2D eigenvalue weighted by Crippen LogP contribution is -2.64. The van der Waals surface area contributed by atoms with Gasteiger partial charge in [-0.2, -0.15) is 0 Å². The van der Waals surface area contributed by atoms with E-state index in [1.165, 1.54) is 28.0 Å². The van der Waals surface area contributed by atoms with Gasteiger partial charge in [0, 0.05) is 11.3 Å². The summed E-state index contributed by atoms with van der Waals surface area (Å²) in [6.07, 6.45) is 0.0934. The fourth-order valence-electron chi connectivity index (χ4n) is 3.58. The fourth-order valence-corrected chi connectivity index (χ4v) is 5.45. The number of amides is 2. The molecule has 3 rings (SSSR count). The van der Waals surface area contributed by atoms with Gasteiger partial charge in [0.05, 0.1) is 16.7 Å². The van der Waals surface area contributed by atoms with Crippen LogP contribution in [0.1, 0.15) is 36.0 Å². The first-order valence-corrected chi connectivity index (χ1v) is 12.4. The molecular formula is C23H29N3O4S2. The molecule has 2 amide bonds. The number of hydrogen-bond donors (Lipinski definition) is 3. The Kier molecular flexibility index (Phi) is 7.44. The Morgan fingerprint density at radius 2 is 1.88 bits per heavy atom. The first kappa shape index (κ1) is 24.4. The van der Waals surface area contributed by atoms with Crippen molar-refractivity contribution in [2.24, 2.45) is 11.7 Å². The number of Topliss-reactive ketones (excluding diaryl/α,β-unsaturated/α-hetero) is 1.